The van der Waals surface area contributed by atoms with Crippen LogP contribution in [0.15, 0.2) is 42.6 Å². The molecule has 2 amide bonds. The molecule has 2 fully saturated rings. The summed E-state index contributed by atoms with van der Waals surface area (Å²) < 4.78 is 0. The molecule has 1 N–H and O–H groups in total. The standard InChI is InChI=1S/C20H19N3O2/c1-11-7-8-21-18-14(11)3-2-4-15(18)22-10-23-19(24)16-12-5-6-13(9-12)17(16)20(23)25/h2-8,12-13,16-17,22H,9-10H2,1H3/t12-,13+,16-,17+. The number of para-hydroxylation sites is 1. The highest BCUT2D eigenvalue weighted by Gasteiger charge is 2.59. The number of benzene rings is 1. The lowest BCUT2D eigenvalue weighted by molar-refractivity contribution is -0.140. The number of aryl methyl sites for hydroxylation is 1. The number of nitrogens with one attached hydrogen (secondary N) is 1. The van der Waals surface area contributed by atoms with E-state index >= 15 is 0 Å². The van der Waals surface area contributed by atoms with Crippen LogP contribution in [-0.4, -0.2) is 28.4 Å². The predicted octanol–water partition coefficient (Wildman–Crippen LogP) is 2.72. The van der Waals surface area contributed by atoms with Crippen molar-refractivity contribution in [2.75, 3.05) is 12.0 Å². The average Bonchev–Trinajstić information content (AvgIpc) is 3.29. The minimum Gasteiger partial charge on any atom is -0.365 e. The van der Waals surface area contributed by atoms with E-state index in [9.17, 15) is 9.59 Å². The Balaban J connectivity index is 1.40. The quantitative estimate of drug-likeness (QED) is 0.693. The van der Waals surface area contributed by atoms with Crippen molar-refractivity contribution in [1.29, 1.82) is 0 Å². The zero-order valence-corrected chi connectivity index (χ0v) is 14.0. The van der Waals surface area contributed by atoms with Crippen molar-refractivity contribution in [2.24, 2.45) is 23.7 Å². The molecule has 0 radical (unpaired) electrons. The van der Waals surface area contributed by atoms with Crippen molar-refractivity contribution < 1.29 is 9.59 Å². The Labute approximate surface area is 145 Å². The van der Waals surface area contributed by atoms with Crippen molar-refractivity contribution in [3.63, 3.8) is 0 Å². The van der Waals surface area contributed by atoms with Crippen LogP contribution in [-0.2, 0) is 9.59 Å². The third kappa shape index (κ3) is 1.98. The van der Waals surface area contributed by atoms with Gasteiger partial charge in [-0.25, -0.2) is 0 Å². The molecular weight excluding hydrogens is 314 g/mol. The first-order chi connectivity index (χ1) is 12.1. The van der Waals surface area contributed by atoms with Gasteiger partial charge in [-0.2, -0.15) is 0 Å². The van der Waals surface area contributed by atoms with E-state index in [1.807, 2.05) is 31.2 Å². The Morgan fingerprint density at radius 3 is 2.56 bits per heavy atom. The van der Waals surface area contributed by atoms with E-state index in [1.165, 1.54) is 4.90 Å². The van der Waals surface area contributed by atoms with Gasteiger partial charge in [0, 0.05) is 11.6 Å². The van der Waals surface area contributed by atoms with Gasteiger partial charge in [-0.05, 0) is 42.9 Å². The number of imide groups is 1. The Hall–Kier alpha value is -2.69. The van der Waals surface area contributed by atoms with Crippen molar-refractivity contribution in [3.05, 3.63) is 48.2 Å². The zero-order valence-electron chi connectivity index (χ0n) is 14.0. The molecule has 0 spiro atoms. The van der Waals surface area contributed by atoms with Gasteiger partial charge >= 0.3 is 0 Å². The van der Waals surface area contributed by atoms with Crippen LogP contribution >= 0.6 is 0 Å². The van der Waals surface area contributed by atoms with E-state index in [0.29, 0.717) is 0 Å². The van der Waals surface area contributed by atoms with E-state index < -0.39 is 0 Å². The molecule has 2 aliphatic carbocycles. The molecule has 1 aromatic heterocycles. The summed E-state index contributed by atoms with van der Waals surface area (Å²) in [5.74, 6) is 0.165. The number of carbonyl (C=O) groups is 2. The fourth-order valence-corrected chi connectivity index (χ4v) is 4.74. The smallest absolute Gasteiger partial charge is 0.235 e. The second-order valence-corrected chi connectivity index (χ2v) is 7.27. The van der Waals surface area contributed by atoms with Crippen LogP contribution in [0.25, 0.3) is 10.9 Å². The number of fused-ring (bicyclic) bond motifs is 6. The summed E-state index contributed by atoms with van der Waals surface area (Å²) in [6, 6.07) is 7.91. The molecule has 2 aromatic rings. The third-order valence-electron chi connectivity index (χ3n) is 5.98. The van der Waals surface area contributed by atoms with Gasteiger partial charge in [0.25, 0.3) is 0 Å². The maximum Gasteiger partial charge on any atom is 0.235 e. The second-order valence-electron chi connectivity index (χ2n) is 7.27. The number of anilines is 1. The molecule has 2 heterocycles. The number of hydrogen-bond acceptors (Lipinski definition) is 4. The fourth-order valence-electron chi connectivity index (χ4n) is 4.74. The summed E-state index contributed by atoms with van der Waals surface area (Å²) in [5, 5.41) is 4.33. The molecular formula is C20H19N3O2. The summed E-state index contributed by atoms with van der Waals surface area (Å²) >= 11 is 0. The minimum atomic E-state index is -0.141. The highest BCUT2D eigenvalue weighted by Crippen LogP contribution is 2.52. The van der Waals surface area contributed by atoms with Crippen LogP contribution in [0.4, 0.5) is 5.69 Å². The average molecular weight is 333 g/mol. The molecule has 126 valence electrons. The van der Waals surface area contributed by atoms with Gasteiger partial charge in [-0.15, -0.1) is 0 Å². The number of rotatable bonds is 3. The number of pyridine rings is 1. The SMILES string of the molecule is Cc1ccnc2c(NCN3C(=O)[C@@H]4[C@H](C3=O)[C@@H]3C=C[C@H]4C3)cccc12. The molecule has 1 saturated heterocycles. The molecule has 0 unspecified atom stereocenters. The molecule has 25 heavy (non-hydrogen) atoms. The first-order valence-electron chi connectivity index (χ1n) is 8.77. The van der Waals surface area contributed by atoms with Gasteiger partial charge < -0.3 is 5.32 Å². The van der Waals surface area contributed by atoms with Crippen LogP contribution in [0.5, 0.6) is 0 Å². The summed E-state index contributed by atoms with van der Waals surface area (Å²) in [6.07, 6.45) is 6.97. The molecule has 5 heteroatoms. The number of carbonyl (C=O) groups excluding carboxylic acids is 2. The van der Waals surface area contributed by atoms with Gasteiger partial charge in [-0.3, -0.25) is 19.5 Å². The number of hydrogen-bond donors (Lipinski definition) is 1. The fraction of sp³-hybridized carbons (Fsp3) is 0.350. The van der Waals surface area contributed by atoms with Crippen LogP contribution in [0.3, 0.4) is 0 Å². The Morgan fingerprint density at radius 1 is 1.12 bits per heavy atom. The first kappa shape index (κ1) is 14.6. The Kier molecular flexibility index (Phi) is 3.02. The van der Waals surface area contributed by atoms with Crippen LogP contribution in [0, 0.1) is 30.6 Å². The number of nitrogens with zero attached hydrogens (tertiary/aromatic N) is 2. The van der Waals surface area contributed by atoms with Gasteiger partial charge in [0.15, 0.2) is 0 Å². The molecule has 1 saturated carbocycles. The lowest BCUT2D eigenvalue weighted by atomic mass is 9.85. The lowest BCUT2D eigenvalue weighted by Crippen LogP contribution is -2.37. The maximum absolute atomic E-state index is 12.7. The molecule has 3 aliphatic rings. The topological polar surface area (TPSA) is 62.3 Å². The minimum absolute atomic E-state index is 0.0243. The number of likely N-dealkylation sites (tertiary alicyclic amines) is 1. The van der Waals surface area contributed by atoms with E-state index in [-0.39, 0.29) is 42.2 Å². The summed E-state index contributed by atoms with van der Waals surface area (Å²) in [7, 11) is 0. The predicted molar refractivity (Wildman–Crippen MR) is 94.5 cm³/mol. The number of allylic oxidation sites excluding steroid dienone is 2. The molecule has 5 rings (SSSR count). The van der Waals surface area contributed by atoms with Crippen LogP contribution < -0.4 is 5.32 Å². The molecule has 1 aromatic carbocycles. The highest BCUT2D eigenvalue weighted by atomic mass is 16.2. The van der Waals surface area contributed by atoms with Crippen LogP contribution in [0.1, 0.15) is 12.0 Å². The van der Waals surface area contributed by atoms with E-state index in [1.54, 1.807) is 6.20 Å². The molecule has 5 nitrogen and oxygen atoms in total. The summed E-state index contributed by atoms with van der Waals surface area (Å²) in [6.45, 7) is 2.25. The molecule has 2 bridgehead atoms. The Morgan fingerprint density at radius 2 is 1.84 bits per heavy atom. The highest BCUT2D eigenvalue weighted by molar-refractivity contribution is 6.06. The van der Waals surface area contributed by atoms with E-state index in [2.05, 4.69) is 22.5 Å². The van der Waals surface area contributed by atoms with Crippen molar-refractivity contribution >= 4 is 28.4 Å². The van der Waals surface area contributed by atoms with Gasteiger partial charge in [0.05, 0.1) is 29.7 Å². The van der Waals surface area contributed by atoms with Crippen molar-refractivity contribution in [3.8, 4) is 0 Å². The van der Waals surface area contributed by atoms with E-state index in [4.69, 9.17) is 0 Å². The molecule has 4 atom stereocenters. The number of aromatic nitrogens is 1. The molecule has 1 aliphatic heterocycles. The first-order valence-corrected chi connectivity index (χ1v) is 8.77. The summed E-state index contributed by atoms with van der Waals surface area (Å²) in [5.41, 5.74) is 2.86. The largest absolute Gasteiger partial charge is 0.365 e. The third-order valence-corrected chi connectivity index (χ3v) is 5.98. The lowest BCUT2D eigenvalue weighted by Gasteiger charge is -2.19. The number of amides is 2. The van der Waals surface area contributed by atoms with E-state index in [0.717, 1.165) is 28.6 Å². The zero-order chi connectivity index (χ0) is 17.1. The van der Waals surface area contributed by atoms with Crippen molar-refractivity contribution in [2.45, 2.75) is 13.3 Å². The monoisotopic (exact) mass is 333 g/mol. The normalized spacial score (nSPS) is 29.7. The maximum atomic E-state index is 12.7. The van der Waals surface area contributed by atoms with Gasteiger partial charge in [-0.1, -0.05) is 24.3 Å². The Bertz CT molecular complexity index is 906. The van der Waals surface area contributed by atoms with Gasteiger partial charge in [0.1, 0.15) is 0 Å². The van der Waals surface area contributed by atoms with Crippen molar-refractivity contribution in [1.82, 2.24) is 9.88 Å². The summed E-state index contributed by atoms with van der Waals surface area (Å²) in [4.78, 5) is 31.3. The van der Waals surface area contributed by atoms with Crippen LogP contribution in [0.2, 0.25) is 0 Å². The van der Waals surface area contributed by atoms with Gasteiger partial charge in [0.2, 0.25) is 11.8 Å². The second kappa shape index (κ2) is 5.15.